The minimum atomic E-state index is -0.103. The lowest BCUT2D eigenvalue weighted by atomic mass is 9.98. The Morgan fingerprint density at radius 1 is 0.333 bits per heavy atom. The summed E-state index contributed by atoms with van der Waals surface area (Å²) < 4.78 is 3.54. The molecule has 4 bridgehead atoms. The van der Waals surface area contributed by atoms with Crippen molar-refractivity contribution < 1.29 is 0 Å². The van der Waals surface area contributed by atoms with Crippen LogP contribution in [0.1, 0.15) is 0 Å². The van der Waals surface area contributed by atoms with Gasteiger partial charge in [-0.2, -0.15) is 0 Å². The van der Waals surface area contributed by atoms with Gasteiger partial charge in [0, 0.05) is 35.6 Å². The number of aromatic nitrogens is 2. The minimum Gasteiger partial charge on any atom is -0.311 e. The van der Waals surface area contributed by atoms with Crippen LogP contribution in [-0.2, 0) is 14.1 Å². The van der Waals surface area contributed by atoms with Gasteiger partial charge in [0.1, 0.15) is 0 Å². The molecule has 0 saturated carbocycles. The maximum absolute atomic E-state index is 14.9. The fourth-order valence-corrected chi connectivity index (χ4v) is 7.53. The molecule has 9 aromatic rings. The van der Waals surface area contributed by atoms with Crippen LogP contribution in [-0.4, -0.2) is 9.13 Å². The van der Waals surface area contributed by atoms with E-state index in [0.29, 0.717) is 10.8 Å². The molecule has 0 saturated heterocycles. The lowest BCUT2D eigenvalue weighted by molar-refractivity contribution is 0.921. The molecule has 0 radical (unpaired) electrons. The van der Waals surface area contributed by atoms with Gasteiger partial charge in [-0.25, -0.2) is 0 Å². The zero-order valence-electron chi connectivity index (χ0n) is 26.6. The molecule has 8 aromatic carbocycles. The van der Waals surface area contributed by atoms with Crippen molar-refractivity contribution in [2.45, 2.75) is 0 Å². The molecule has 0 aliphatic carbocycles. The SMILES string of the molecule is Cn1c(=O)c2cc(cc3ccccc32)c2c3ccccc3ccc2n(C)c(=O)c2cc(cc3ccccc32)c2c3ccccc3ccc21. The number of rotatable bonds is 0. The van der Waals surface area contributed by atoms with Crippen LogP contribution in [0.4, 0.5) is 0 Å². The molecular formula is C44H30N2O2. The first kappa shape index (κ1) is 28.0. The molecule has 228 valence electrons. The summed E-state index contributed by atoms with van der Waals surface area (Å²) in [4.78, 5) is 29.8. The Morgan fingerprint density at radius 3 is 1.10 bits per heavy atom. The van der Waals surface area contributed by atoms with Gasteiger partial charge in [-0.3, -0.25) is 9.59 Å². The Bertz CT molecular complexity index is 2870. The van der Waals surface area contributed by atoms with Crippen molar-refractivity contribution >= 4 is 86.4 Å². The number of benzene rings is 8. The molecular weight excluding hydrogens is 588 g/mol. The number of fused-ring (bicyclic) bond motifs is 16. The molecule has 0 aliphatic heterocycles. The minimum absolute atomic E-state index is 0.103. The maximum atomic E-state index is 14.9. The summed E-state index contributed by atoms with van der Waals surface area (Å²) in [6.45, 7) is 0. The summed E-state index contributed by atoms with van der Waals surface area (Å²) in [6.07, 6.45) is 0. The van der Waals surface area contributed by atoms with Crippen LogP contribution in [0.3, 0.4) is 0 Å². The summed E-state index contributed by atoms with van der Waals surface area (Å²) in [7, 11) is 3.71. The van der Waals surface area contributed by atoms with E-state index in [1.165, 1.54) is 0 Å². The molecule has 0 amide bonds. The zero-order valence-corrected chi connectivity index (χ0v) is 26.6. The van der Waals surface area contributed by atoms with E-state index < -0.39 is 0 Å². The molecule has 0 spiro atoms. The molecule has 0 unspecified atom stereocenters. The van der Waals surface area contributed by atoms with Gasteiger partial charge in [0.15, 0.2) is 0 Å². The molecule has 0 fully saturated rings. The molecule has 0 atom stereocenters. The third-order valence-electron chi connectivity index (χ3n) is 9.91. The lowest BCUT2D eigenvalue weighted by Gasteiger charge is -2.12. The Morgan fingerprint density at radius 2 is 0.688 bits per heavy atom. The summed E-state index contributed by atoms with van der Waals surface area (Å²) in [6, 6.07) is 49.0. The van der Waals surface area contributed by atoms with Gasteiger partial charge < -0.3 is 9.13 Å². The predicted octanol–water partition coefficient (Wildman–Crippen LogP) is 10.00. The molecule has 4 heteroatoms. The van der Waals surface area contributed by atoms with E-state index in [9.17, 15) is 9.59 Å². The highest BCUT2D eigenvalue weighted by atomic mass is 16.1. The van der Waals surface area contributed by atoms with E-state index in [1.54, 1.807) is 9.13 Å². The van der Waals surface area contributed by atoms with Crippen molar-refractivity contribution in [3.63, 3.8) is 0 Å². The molecule has 9 rings (SSSR count). The highest BCUT2D eigenvalue weighted by Crippen LogP contribution is 2.33. The third kappa shape index (κ3) is 4.16. The van der Waals surface area contributed by atoms with Gasteiger partial charge >= 0.3 is 0 Å². The van der Waals surface area contributed by atoms with E-state index >= 15 is 0 Å². The molecule has 1 aromatic heterocycles. The van der Waals surface area contributed by atoms with Crippen molar-refractivity contribution in [3.05, 3.63) is 166 Å². The number of nitrogens with zero attached hydrogens (tertiary/aromatic N) is 2. The van der Waals surface area contributed by atoms with E-state index in [-0.39, 0.29) is 11.1 Å². The standard InChI is InChI=1S/C44H30N2O2/c1-45-39-21-19-27-11-3-9-17-35(27)41(39)31-23-30-14-6-8-16-34(30)38(26-31)44(48)46(2)40-22-20-28-12-4-10-18-36(28)42(40)32-24-29-13-5-7-15-33(29)37(25-32)43(45)47/h3-26H,1-2H3. The van der Waals surface area contributed by atoms with Gasteiger partial charge in [0.2, 0.25) is 0 Å². The third-order valence-corrected chi connectivity index (χ3v) is 9.91. The van der Waals surface area contributed by atoms with Crippen LogP contribution in [0.25, 0.3) is 86.4 Å². The van der Waals surface area contributed by atoms with Crippen LogP contribution in [0, 0.1) is 0 Å². The molecule has 0 N–H and O–H groups in total. The predicted molar refractivity (Wildman–Crippen MR) is 203 cm³/mol. The van der Waals surface area contributed by atoms with E-state index in [0.717, 1.165) is 75.7 Å². The quantitative estimate of drug-likeness (QED) is 0.170. The van der Waals surface area contributed by atoms with Crippen LogP contribution >= 0.6 is 0 Å². The topological polar surface area (TPSA) is 44.0 Å². The summed E-state index contributed by atoms with van der Waals surface area (Å²) >= 11 is 0. The second-order valence-electron chi connectivity index (χ2n) is 12.6. The first-order chi connectivity index (χ1) is 23.5. The summed E-state index contributed by atoms with van der Waals surface area (Å²) in [5.41, 5.74) is 1.35. The molecule has 4 nitrogen and oxygen atoms in total. The van der Waals surface area contributed by atoms with Gasteiger partial charge in [0.05, 0.1) is 11.0 Å². The van der Waals surface area contributed by atoms with Crippen molar-refractivity contribution in [1.29, 1.82) is 0 Å². The van der Waals surface area contributed by atoms with Crippen molar-refractivity contribution in [2.24, 2.45) is 14.1 Å². The summed E-state index contributed by atoms with van der Waals surface area (Å²) in [5.74, 6) is 0. The lowest BCUT2D eigenvalue weighted by Crippen LogP contribution is -2.16. The molecule has 0 aliphatic rings. The van der Waals surface area contributed by atoms with Crippen LogP contribution in [0.5, 0.6) is 0 Å². The number of aryl methyl sites for hydroxylation is 2. The second-order valence-corrected chi connectivity index (χ2v) is 12.6. The first-order valence-electron chi connectivity index (χ1n) is 16.1. The zero-order chi connectivity index (χ0) is 32.5. The van der Waals surface area contributed by atoms with E-state index in [4.69, 9.17) is 0 Å². The fraction of sp³-hybridized carbons (Fsp3) is 0.0455. The average molecular weight is 619 g/mol. The maximum Gasteiger partial charge on any atom is 0.258 e. The van der Waals surface area contributed by atoms with Crippen LogP contribution in [0.2, 0.25) is 0 Å². The van der Waals surface area contributed by atoms with Crippen molar-refractivity contribution in [2.75, 3.05) is 0 Å². The normalized spacial score (nSPS) is 11.7. The average Bonchev–Trinajstić information content (AvgIpc) is 3.14. The smallest absolute Gasteiger partial charge is 0.258 e. The van der Waals surface area contributed by atoms with Gasteiger partial charge in [-0.15, -0.1) is 0 Å². The van der Waals surface area contributed by atoms with Gasteiger partial charge in [-0.05, 0) is 90.3 Å². The van der Waals surface area contributed by atoms with E-state index in [2.05, 4.69) is 60.7 Å². The van der Waals surface area contributed by atoms with Crippen molar-refractivity contribution in [1.82, 2.24) is 9.13 Å². The molecule has 48 heavy (non-hydrogen) atoms. The monoisotopic (exact) mass is 618 g/mol. The highest BCUT2D eigenvalue weighted by Gasteiger charge is 2.12. The van der Waals surface area contributed by atoms with Crippen molar-refractivity contribution in [3.8, 4) is 0 Å². The molecule has 1 heterocycles. The van der Waals surface area contributed by atoms with E-state index in [1.807, 2.05) is 99.0 Å². The number of hydrogen-bond donors (Lipinski definition) is 0. The first-order valence-corrected chi connectivity index (χ1v) is 16.1. The largest absolute Gasteiger partial charge is 0.311 e. The van der Waals surface area contributed by atoms with Gasteiger partial charge in [-0.1, -0.05) is 109 Å². The summed E-state index contributed by atoms with van der Waals surface area (Å²) in [5, 5.41) is 12.6. The highest BCUT2D eigenvalue weighted by molar-refractivity contribution is 6.19. The Hall–Kier alpha value is -6.26. The Kier molecular flexibility index (Phi) is 6.21. The fourth-order valence-electron chi connectivity index (χ4n) is 7.53. The number of hydrogen-bond acceptors (Lipinski definition) is 2. The van der Waals surface area contributed by atoms with Crippen LogP contribution < -0.4 is 11.1 Å². The van der Waals surface area contributed by atoms with Gasteiger partial charge in [0.25, 0.3) is 11.1 Å². The Labute approximate surface area is 275 Å². The van der Waals surface area contributed by atoms with Crippen LogP contribution in [0.15, 0.2) is 155 Å². The second kappa shape index (κ2) is 10.6. The Balaban J connectivity index is 1.71.